The number of benzene rings is 1. The van der Waals surface area contributed by atoms with Crippen LogP contribution in [0.5, 0.6) is 0 Å². The molecule has 0 saturated heterocycles. The Bertz CT molecular complexity index is 889. The number of rotatable bonds is 2. The summed E-state index contributed by atoms with van der Waals surface area (Å²) < 4.78 is 1.27. The van der Waals surface area contributed by atoms with Crippen molar-refractivity contribution in [3.8, 4) is 11.1 Å². The van der Waals surface area contributed by atoms with Gasteiger partial charge in [0.2, 0.25) is 5.95 Å². The Balaban J connectivity index is 2.19. The van der Waals surface area contributed by atoms with Gasteiger partial charge in [0.15, 0.2) is 11.3 Å². The smallest absolute Gasteiger partial charge is 0.355 e. The average molecular weight is 310 g/mol. The minimum Gasteiger partial charge on any atom is -0.476 e. The Kier molecular flexibility index (Phi) is 3.32. The second-order valence-electron chi connectivity index (χ2n) is 6.47. The van der Waals surface area contributed by atoms with Crippen LogP contribution >= 0.6 is 0 Å². The molecule has 1 aromatic carbocycles. The quantitative estimate of drug-likeness (QED) is 0.759. The van der Waals surface area contributed by atoms with E-state index in [2.05, 4.69) is 30.9 Å². The molecule has 2 heterocycles. The normalized spacial score (nSPS) is 11.8. The number of nitrogens with two attached hydrogens (primary N) is 1. The molecule has 0 radical (unpaired) electrons. The van der Waals surface area contributed by atoms with Gasteiger partial charge < -0.3 is 10.8 Å². The first kappa shape index (κ1) is 15.0. The maximum absolute atomic E-state index is 11.7. The lowest BCUT2D eigenvalue weighted by atomic mass is 9.86. The summed E-state index contributed by atoms with van der Waals surface area (Å²) in [6.07, 6.45) is 0. The van der Waals surface area contributed by atoms with Gasteiger partial charge in [0.1, 0.15) is 0 Å². The van der Waals surface area contributed by atoms with E-state index in [1.165, 1.54) is 10.1 Å². The van der Waals surface area contributed by atoms with Crippen LogP contribution in [0.1, 0.15) is 36.8 Å². The molecule has 6 heteroatoms. The summed E-state index contributed by atoms with van der Waals surface area (Å²) in [5, 5.41) is 13.6. The lowest BCUT2D eigenvalue weighted by molar-refractivity contribution is 0.0688. The number of carboxylic acids is 1. The van der Waals surface area contributed by atoms with Crippen LogP contribution in [-0.4, -0.2) is 25.7 Å². The van der Waals surface area contributed by atoms with Crippen molar-refractivity contribution in [2.45, 2.75) is 26.2 Å². The van der Waals surface area contributed by atoms with Crippen molar-refractivity contribution < 1.29 is 9.90 Å². The summed E-state index contributed by atoms with van der Waals surface area (Å²) in [4.78, 5) is 15.7. The standard InChI is InChI=1S/C17H18N4O2/c1-17(2,3)11-6-4-10(5-7-11)12-8-9-13-19-16(18)20-21(13)14(12)15(22)23/h4-9H,1-3H3,(H2,18,20)(H,22,23). The largest absolute Gasteiger partial charge is 0.476 e. The molecule has 0 spiro atoms. The van der Waals surface area contributed by atoms with Gasteiger partial charge in [-0.1, -0.05) is 45.0 Å². The zero-order valence-corrected chi connectivity index (χ0v) is 13.2. The first-order chi connectivity index (χ1) is 10.8. The van der Waals surface area contributed by atoms with Gasteiger partial charge in [-0.3, -0.25) is 0 Å². The first-order valence-electron chi connectivity index (χ1n) is 7.27. The van der Waals surface area contributed by atoms with Gasteiger partial charge in [0.05, 0.1) is 0 Å². The van der Waals surface area contributed by atoms with Crippen LogP contribution in [0.3, 0.4) is 0 Å². The summed E-state index contributed by atoms with van der Waals surface area (Å²) in [5.74, 6) is -1.02. The maximum Gasteiger partial charge on any atom is 0.355 e. The predicted octanol–water partition coefficient (Wildman–Crippen LogP) is 2.97. The number of hydrogen-bond acceptors (Lipinski definition) is 4. The molecule has 0 fully saturated rings. The van der Waals surface area contributed by atoms with E-state index >= 15 is 0 Å². The minimum atomic E-state index is -1.07. The molecule has 3 aromatic rings. The lowest BCUT2D eigenvalue weighted by Gasteiger charge is -2.19. The van der Waals surface area contributed by atoms with Crippen LogP contribution in [0.4, 0.5) is 5.95 Å². The van der Waals surface area contributed by atoms with E-state index in [4.69, 9.17) is 5.73 Å². The number of carbonyl (C=O) groups is 1. The number of aromatic nitrogens is 3. The molecular weight excluding hydrogens is 292 g/mol. The van der Waals surface area contributed by atoms with E-state index in [0.29, 0.717) is 11.2 Å². The van der Waals surface area contributed by atoms with Gasteiger partial charge in [0.25, 0.3) is 0 Å². The predicted molar refractivity (Wildman–Crippen MR) is 88.5 cm³/mol. The SMILES string of the molecule is CC(C)(C)c1ccc(-c2ccc3nc(N)nn3c2C(=O)O)cc1. The van der Waals surface area contributed by atoms with Crippen LogP contribution in [0, 0.1) is 0 Å². The zero-order chi connectivity index (χ0) is 16.8. The molecule has 0 aliphatic carbocycles. The molecule has 0 unspecified atom stereocenters. The summed E-state index contributed by atoms with van der Waals surface area (Å²) in [5.41, 5.74) is 8.66. The van der Waals surface area contributed by atoms with Crippen molar-refractivity contribution in [1.82, 2.24) is 14.6 Å². The molecule has 0 aliphatic heterocycles. The van der Waals surface area contributed by atoms with E-state index < -0.39 is 5.97 Å². The van der Waals surface area contributed by atoms with Crippen LogP contribution in [-0.2, 0) is 5.41 Å². The first-order valence-corrected chi connectivity index (χ1v) is 7.27. The van der Waals surface area contributed by atoms with Gasteiger partial charge in [-0.15, -0.1) is 5.10 Å². The van der Waals surface area contributed by atoms with E-state index in [1.54, 1.807) is 12.1 Å². The number of fused-ring (bicyclic) bond motifs is 1. The number of aromatic carboxylic acids is 1. The van der Waals surface area contributed by atoms with Gasteiger partial charge in [0, 0.05) is 5.56 Å². The monoisotopic (exact) mass is 310 g/mol. The highest BCUT2D eigenvalue weighted by molar-refractivity contribution is 5.95. The van der Waals surface area contributed by atoms with E-state index in [9.17, 15) is 9.90 Å². The number of nitrogen functional groups attached to an aromatic ring is 1. The molecule has 118 valence electrons. The topological polar surface area (TPSA) is 93.5 Å². The Morgan fingerprint density at radius 1 is 1.13 bits per heavy atom. The average Bonchev–Trinajstić information content (AvgIpc) is 2.85. The Hall–Kier alpha value is -2.89. The molecule has 0 amide bonds. The molecule has 0 aliphatic rings. The van der Waals surface area contributed by atoms with Crippen LogP contribution in [0.15, 0.2) is 36.4 Å². The van der Waals surface area contributed by atoms with Gasteiger partial charge in [-0.2, -0.15) is 4.98 Å². The number of carboxylic acid groups (broad SMARTS) is 1. The number of nitrogens with zero attached hydrogens (tertiary/aromatic N) is 3. The number of hydrogen-bond donors (Lipinski definition) is 2. The molecule has 3 N–H and O–H groups in total. The van der Waals surface area contributed by atoms with Gasteiger partial charge >= 0.3 is 5.97 Å². The van der Waals surface area contributed by atoms with Crippen molar-refractivity contribution in [3.63, 3.8) is 0 Å². The summed E-state index contributed by atoms with van der Waals surface area (Å²) >= 11 is 0. The van der Waals surface area contributed by atoms with Crippen LogP contribution in [0.2, 0.25) is 0 Å². The summed E-state index contributed by atoms with van der Waals surface area (Å²) in [7, 11) is 0. The molecule has 2 aromatic heterocycles. The fourth-order valence-electron chi connectivity index (χ4n) is 2.55. The molecule has 0 atom stereocenters. The van der Waals surface area contributed by atoms with Crippen molar-refractivity contribution >= 4 is 17.6 Å². The highest BCUT2D eigenvalue weighted by atomic mass is 16.4. The third kappa shape index (κ3) is 2.63. The molecule has 0 bridgehead atoms. The third-order valence-corrected chi connectivity index (χ3v) is 3.78. The van der Waals surface area contributed by atoms with Crippen molar-refractivity contribution in [2.24, 2.45) is 0 Å². The van der Waals surface area contributed by atoms with Crippen molar-refractivity contribution in [2.75, 3.05) is 5.73 Å². The summed E-state index contributed by atoms with van der Waals surface area (Å²) in [6, 6.07) is 11.3. The van der Waals surface area contributed by atoms with E-state index in [-0.39, 0.29) is 17.1 Å². The fraction of sp³-hybridized carbons (Fsp3) is 0.235. The van der Waals surface area contributed by atoms with Gasteiger partial charge in [-0.25, -0.2) is 9.31 Å². The van der Waals surface area contributed by atoms with E-state index in [0.717, 1.165) is 5.56 Å². The minimum absolute atomic E-state index is 0.0401. The van der Waals surface area contributed by atoms with E-state index in [1.807, 2.05) is 24.3 Å². The zero-order valence-electron chi connectivity index (χ0n) is 13.2. The second kappa shape index (κ2) is 5.08. The highest BCUT2D eigenvalue weighted by Crippen LogP contribution is 2.28. The lowest BCUT2D eigenvalue weighted by Crippen LogP contribution is -2.11. The molecular formula is C17H18N4O2. The Labute approximate surface area is 133 Å². The van der Waals surface area contributed by atoms with Crippen LogP contribution < -0.4 is 5.73 Å². The summed E-state index contributed by atoms with van der Waals surface area (Å²) in [6.45, 7) is 6.40. The third-order valence-electron chi connectivity index (χ3n) is 3.78. The molecule has 3 rings (SSSR count). The molecule has 0 saturated carbocycles. The van der Waals surface area contributed by atoms with Crippen LogP contribution in [0.25, 0.3) is 16.8 Å². The fourth-order valence-corrected chi connectivity index (χ4v) is 2.55. The number of anilines is 1. The Morgan fingerprint density at radius 2 is 1.78 bits per heavy atom. The number of pyridine rings is 1. The molecule has 23 heavy (non-hydrogen) atoms. The molecule has 6 nitrogen and oxygen atoms in total. The van der Waals surface area contributed by atoms with Gasteiger partial charge in [-0.05, 0) is 28.7 Å². The Morgan fingerprint density at radius 3 is 2.35 bits per heavy atom. The highest BCUT2D eigenvalue weighted by Gasteiger charge is 2.19. The maximum atomic E-state index is 11.7. The second-order valence-corrected chi connectivity index (χ2v) is 6.47. The van der Waals surface area contributed by atoms with Crippen molar-refractivity contribution in [1.29, 1.82) is 0 Å². The van der Waals surface area contributed by atoms with Crippen molar-refractivity contribution in [3.05, 3.63) is 47.7 Å².